The zero-order chi connectivity index (χ0) is 21.3. The number of amides is 1. The molecule has 31 heavy (non-hydrogen) atoms. The van der Waals surface area contributed by atoms with Gasteiger partial charge in [-0.25, -0.2) is 0 Å². The van der Waals surface area contributed by atoms with E-state index in [1.807, 2.05) is 12.1 Å². The summed E-state index contributed by atoms with van der Waals surface area (Å²) < 4.78 is 6.21. The molecule has 4 rings (SSSR count). The highest BCUT2D eigenvalue weighted by molar-refractivity contribution is 5.91. The van der Waals surface area contributed by atoms with Gasteiger partial charge in [0.25, 0.3) is 0 Å². The first-order valence-electron chi connectivity index (χ1n) is 11.1. The number of rotatable bonds is 6. The Morgan fingerprint density at radius 3 is 2.58 bits per heavy atom. The quantitative estimate of drug-likeness (QED) is 0.678. The smallest absolute Gasteiger partial charge is 0.221 e. The van der Waals surface area contributed by atoms with Gasteiger partial charge >= 0.3 is 0 Å². The Balaban J connectivity index is 0.00000272. The van der Waals surface area contributed by atoms with E-state index < -0.39 is 6.04 Å². The van der Waals surface area contributed by atoms with Crippen molar-refractivity contribution in [3.63, 3.8) is 0 Å². The second-order valence-electron chi connectivity index (χ2n) is 9.12. The second-order valence-corrected chi connectivity index (χ2v) is 9.12. The van der Waals surface area contributed by atoms with Crippen molar-refractivity contribution in [2.45, 2.75) is 50.7 Å². The fourth-order valence-corrected chi connectivity index (χ4v) is 5.07. The lowest BCUT2D eigenvalue weighted by Crippen LogP contribution is -2.59. The monoisotopic (exact) mass is 451 g/mol. The van der Waals surface area contributed by atoms with Gasteiger partial charge in [-0.1, -0.05) is 24.6 Å². The topological polar surface area (TPSA) is 82.1 Å². The minimum atomic E-state index is -0.592. The molecule has 2 N–H and O–H groups in total. The fraction of sp³-hybridized carbons (Fsp3) is 0.652. The Morgan fingerprint density at radius 1 is 1.23 bits per heavy atom. The van der Waals surface area contributed by atoms with E-state index in [4.69, 9.17) is 9.84 Å². The molecule has 3 atom stereocenters. The lowest BCUT2D eigenvalue weighted by Gasteiger charge is -2.39. The Bertz CT molecular complexity index is 812. The Labute approximate surface area is 190 Å². The molecule has 172 valence electrons. The molecule has 0 spiro atoms. The van der Waals surface area contributed by atoms with Gasteiger partial charge in [-0.05, 0) is 19.4 Å². The number of carbonyl (C=O) groups is 2. The zero-order valence-electron chi connectivity index (χ0n) is 18.4. The molecule has 1 saturated heterocycles. The van der Waals surface area contributed by atoms with Gasteiger partial charge in [0.1, 0.15) is 17.9 Å². The fourth-order valence-electron chi connectivity index (χ4n) is 5.07. The summed E-state index contributed by atoms with van der Waals surface area (Å²) in [5.41, 5.74) is 2.08. The number of nitrogens with zero attached hydrogens (tertiary/aromatic N) is 2. The number of aryl methyl sites for hydroxylation is 1. The summed E-state index contributed by atoms with van der Waals surface area (Å²) in [5.74, 6) is 0.807. The number of halogens is 1. The first-order chi connectivity index (χ1) is 14.4. The van der Waals surface area contributed by atoms with Gasteiger partial charge in [-0.2, -0.15) is 0 Å². The molecule has 1 amide bonds. The normalized spacial score (nSPS) is 28.3. The van der Waals surface area contributed by atoms with Gasteiger partial charge in [-0.3, -0.25) is 14.5 Å². The maximum Gasteiger partial charge on any atom is 0.221 e. The van der Waals surface area contributed by atoms with E-state index in [2.05, 4.69) is 35.0 Å². The van der Waals surface area contributed by atoms with Gasteiger partial charge in [0.05, 0.1) is 6.61 Å². The van der Waals surface area contributed by atoms with E-state index in [9.17, 15) is 9.59 Å². The van der Waals surface area contributed by atoms with Crippen molar-refractivity contribution < 1.29 is 19.4 Å². The van der Waals surface area contributed by atoms with Crippen LogP contribution in [0.4, 0.5) is 0 Å². The number of Topliss-reactive ketones (excluding diaryl/α,β-unsaturated/α-hetero) is 1. The van der Waals surface area contributed by atoms with Crippen LogP contribution in [0, 0.1) is 6.92 Å². The molecule has 1 aliphatic carbocycles. The van der Waals surface area contributed by atoms with Crippen LogP contribution in [0.1, 0.15) is 37.3 Å². The maximum absolute atomic E-state index is 12.7. The van der Waals surface area contributed by atoms with Crippen LogP contribution in [-0.4, -0.2) is 84.6 Å². The van der Waals surface area contributed by atoms with E-state index in [-0.39, 0.29) is 42.2 Å². The number of aliphatic hydroxyl groups excluding tert-OH is 1. The number of piperazine rings is 1. The highest BCUT2D eigenvalue weighted by Gasteiger charge is 2.54. The zero-order valence-corrected chi connectivity index (χ0v) is 19.2. The van der Waals surface area contributed by atoms with Crippen LogP contribution in [-0.2, 0) is 15.0 Å². The van der Waals surface area contributed by atoms with Crippen molar-refractivity contribution in [1.82, 2.24) is 15.1 Å². The molecule has 1 aromatic carbocycles. The van der Waals surface area contributed by atoms with Gasteiger partial charge in [0.15, 0.2) is 5.78 Å². The molecule has 2 fully saturated rings. The number of β-amino-alcohol motifs (C(OH)–C–C–N with tert-alkyl or cyclic N) is 1. The van der Waals surface area contributed by atoms with E-state index in [1.54, 1.807) is 0 Å². The molecule has 8 heteroatoms. The van der Waals surface area contributed by atoms with Gasteiger partial charge in [-0.15, -0.1) is 12.4 Å². The summed E-state index contributed by atoms with van der Waals surface area (Å²) in [5, 5.41) is 12.0. The van der Waals surface area contributed by atoms with Crippen molar-refractivity contribution in [2.75, 3.05) is 45.9 Å². The van der Waals surface area contributed by atoms with Crippen molar-refractivity contribution >= 4 is 24.1 Å². The summed E-state index contributed by atoms with van der Waals surface area (Å²) in [7, 11) is 0. The summed E-state index contributed by atoms with van der Waals surface area (Å²) in [6.45, 7) is 9.41. The largest absolute Gasteiger partial charge is 0.487 e. The minimum absolute atomic E-state index is 0. The first-order valence-corrected chi connectivity index (χ1v) is 11.1. The van der Waals surface area contributed by atoms with Crippen LogP contribution in [0.25, 0.3) is 0 Å². The molecule has 2 aliphatic heterocycles. The predicted octanol–water partition coefficient (Wildman–Crippen LogP) is 1.28. The average Bonchev–Trinajstić information content (AvgIpc) is 3.03. The molecule has 3 aliphatic rings. The van der Waals surface area contributed by atoms with E-state index in [1.165, 1.54) is 5.56 Å². The third-order valence-electron chi connectivity index (χ3n) is 7.03. The summed E-state index contributed by atoms with van der Waals surface area (Å²) in [6, 6.07) is 5.56. The molecule has 0 radical (unpaired) electrons. The number of ether oxygens (including phenoxy) is 1. The minimum Gasteiger partial charge on any atom is -0.487 e. The molecular weight excluding hydrogens is 418 g/mol. The lowest BCUT2D eigenvalue weighted by atomic mass is 9.67. The summed E-state index contributed by atoms with van der Waals surface area (Å²) >= 11 is 0. The van der Waals surface area contributed by atoms with E-state index >= 15 is 0 Å². The number of nitrogens with one attached hydrogen (secondary N) is 1. The van der Waals surface area contributed by atoms with Crippen LogP contribution in [0.2, 0.25) is 0 Å². The molecule has 0 aromatic heterocycles. The standard InChI is InChI=1S/C23H33N3O4.ClH/c1-16-3-4-19-17(15-16)23(2)7-5-18(28)21(22(23)30-19)24-20(29)6-8-25-9-11-26(12-10-25)13-14-27;/h3-4,15,21-22,27H,5-14H2,1-2H3,(H,24,29);1H/t21-,22-,23-;/m0./s1. The number of ketones is 1. The van der Waals surface area contributed by atoms with Crippen LogP contribution in [0.5, 0.6) is 5.75 Å². The number of carbonyl (C=O) groups excluding carboxylic acids is 2. The first kappa shape index (κ1) is 24.0. The number of hydrogen-bond donors (Lipinski definition) is 2. The third-order valence-corrected chi connectivity index (χ3v) is 7.03. The number of fused-ring (bicyclic) bond motifs is 3. The molecule has 1 aromatic rings. The Morgan fingerprint density at radius 2 is 1.90 bits per heavy atom. The molecule has 7 nitrogen and oxygen atoms in total. The van der Waals surface area contributed by atoms with E-state index in [0.29, 0.717) is 25.9 Å². The summed E-state index contributed by atoms with van der Waals surface area (Å²) in [4.78, 5) is 29.9. The SMILES string of the molecule is Cc1ccc2c(c1)[C@]1(C)CCC(=O)[C@H](NC(=O)CCN3CCN(CCO)CC3)[C@@H]1O2.Cl. The summed E-state index contributed by atoms with van der Waals surface area (Å²) in [6.07, 6.45) is 1.24. The average molecular weight is 452 g/mol. The Kier molecular flexibility index (Phi) is 7.63. The van der Waals surface area contributed by atoms with Crippen molar-refractivity contribution in [1.29, 1.82) is 0 Å². The van der Waals surface area contributed by atoms with Gasteiger partial charge in [0, 0.05) is 63.1 Å². The predicted molar refractivity (Wildman–Crippen MR) is 121 cm³/mol. The van der Waals surface area contributed by atoms with Crippen LogP contribution < -0.4 is 10.1 Å². The number of hydrogen-bond acceptors (Lipinski definition) is 6. The molecule has 2 heterocycles. The second kappa shape index (κ2) is 9.86. The van der Waals surface area contributed by atoms with Crippen molar-refractivity contribution in [3.05, 3.63) is 29.3 Å². The van der Waals surface area contributed by atoms with Gasteiger partial charge < -0.3 is 20.1 Å². The van der Waals surface area contributed by atoms with Crippen LogP contribution >= 0.6 is 12.4 Å². The molecular formula is C23H34ClN3O4. The van der Waals surface area contributed by atoms with Gasteiger partial charge in [0.2, 0.25) is 5.91 Å². The third kappa shape index (κ3) is 4.90. The number of aliphatic hydroxyl groups is 1. The Hall–Kier alpha value is -1.67. The highest BCUT2D eigenvalue weighted by atomic mass is 35.5. The molecule has 0 unspecified atom stereocenters. The lowest BCUT2D eigenvalue weighted by molar-refractivity contribution is -0.133. The van der Waals surface area contributed by atoms with Crippen molar-refractivity contribution in [2.24, 2.45) is 0 Å². The molecule has 1 saturated carbocycles. The number of benzene rings is 1. The van der Waals surface area contributed by atoms with Crippen molar-refractivity contribution in [3.8, 4) is 5.75 Å². The maximum atomic E-state index is 12.7. The van der Waals surface area contributed by atoms with E-state index in [0.717, 1.165) is 43.9 Å². The molecule has 0 bridgehead atoms. The highest BCUT2D eigenvalue weighted by Crippen LogP contribution is 2.49. The van der Waals surface area contributed by atoms with Crippen LogP contribution in [0.15, 0.2) is 18.2 Å². The van der Waals surface area contributed by atoms with Crippen LogP contribution in [0.3, 0.4) is 0 Å².